The van der Waals surface area contributed by atoms with Crippen molar-refractivity contribution in [2.45, 2.75) is 66.1 Å². The van der Waals surface area contributed by atoms with Gasteiger partial charge in [0.1, 0.15) is 4.83 Å². The third-order valence-electron chi connectivity index (χ3n) is 11.8. The Hall–Kier alpha value is -5.89. The smallest absolute Gasteiger partial charge is 0.214 e. The Labute approximate surface area is 407 Å². The standard InChI is InChI=1S/C40H29FN3S.C18H24NSi.Ir/c1-40(2,3)27-23-31(25-13-6-4-7-14-25)36(32(24-27)26-15-8-5-9-16-26)44-34-20-11-10-19-33(34)42-38(44)30-18-12-17-28-29-21-22-35(41)43-39(29)45-37(28)30;1-14(2)11-16-12-17(15-9-7-6-8-10-15)19-13-18(16)20(3,4)5;/h4-17,19-24H,1-3H3;6-9,12-14H,11H2,1-5H3;/q2*-1;. The molecule has 0 fully saturated rings. The molecule has 0 saturated heterocycles. The zero-order valence-corrected chi connectivity index (χ0v) is 42.9. The fourth-order valence-corrected chi connectivity index (χ4v) is 11.4. The summed E-state index contributed by atoms with van der Waals surface area (Å²) in [5, 5.41) is 3.44. The predicted octanol–water partition coefficient (Wildman–Crippen LogP) is 15.3. The molecule has 0 N–H and O–H groups in total. The van der Waals surface area contributed by atoms with E-state index in [-0.39, 0.29) is 25.5 Å². The Morgan fingerprint density at radius 2 is 1.36 bits per heavy atom. The van der Waals surface area contributed by atoms with Gasteiger partial charge < -0.3 is 9.55 Å². The van der Waals surface area contributed by atoms with Crippen LogP contribution < -0.4 is 5.19 Å². The van der Waals surface area contributed by atoms with Crippen molar-refractivity contribution in [3.8, 4) is 50.6 Å². The summed E-state index contributed by atoms with van der Waals surface area (Å²) < 4.78 is 17.5. The second-order valence-corrected chi connectivity index (χ2v) is 25.2. The van der Waals surface area contributed by atoms with Crippen LogP contribution in [0.2, 0.25) is 19.6 Å². The van der Waals surface area contributed by atoms with Gasteiger partial charge in [-0.2, -0.15) is 15.7 Å². The van der Waals surface area contributed by atoms with Crippen LogP contribution >= 0.6 is 11.3 Å². The maximum absolute atomic E-state index is 14.2. The molecule has 333 valence electrons. The van der Waals surface area contributed by atoms with Crippen LogP contribution in [0.1, 0.15) is 45.7 Å². The average molecular weight is 1080 g/mol. The minimum absolute atomic E-state index is 0. The Kier molecular flexibility index (Phi) is 13.5. The number of benzene rings is 6. The van der Waals surface area contributed by atoms with E-state index in [9.17, 15) is 4.39 Å². The SMILES string of the molecule is CC(C)(C)c1cc(-c2ccccc2)c(-n2c(-c3[c-]ccc4c3sc3nc(F)ccc34)nc3ccccc32)c(-c2ccccc2)c1.CC(C)Cc1cc(-c2[c-]cccc2)ncc1[Si](C)(C)C.[Ir]. The summed E-state index contributed by atoms with van der Waals surface area (Å²) in [7, 11) is -1.34. The van der Waals surface area contributed by atoms with Gasteiger partial charge >= 0.3 is 0 Å². The quantitative estimate of drug-likeness (QED) is 0.0865. The molecule has 66 heavy (non-hydrogen) atoms. The number of pyridine rings is 2. The number of thiophene rings is 1. The van der Waals surface area contributed by atoms with Gasteiger partial charge in [0.15, 0.2) is 0 Å². The molecule has 8 heteroatoms. The first-order valence-corrected chi connectivity index (χ1v) is 26.7. The van der Waals surface area contributed by atoms with Crippen LogP contribution in [-0.2, 0) is 31.9 Å². The van der Waals surface area contributed by atoms with Crippen LogP contribution in [0, 0.1) is 24.0 Å². The van der Waals surface area contributed by atoms with Gasteiger partial charge in [-0.25, -0.2) is 4.98 Å². The summed E-state index contributed by atoms with van der Waals surface area (Å²) in [6.07, 6.45) is 3.24. The summed E-state index contributed by atoms with van der Waals surface area (Å²) in [6, 6.07) is 58.5. The number of rotatable bonds is 8. The van der Waals surface area contributed by atoms with Gasteiger partial charge in [-0.1, -0.05) is 150 Å². The van der Waals surface area contributed by atoms with E-state index in [1.54, 1.807) is 0 Å². The molecule has 4 nitrogen and oxygen atoms in total. The van der Waals surface area contributed by atoms with E-state index >= 15 is 0 Å². The topological polar surface area (TPSA) is 43.6 Å². The Morgan fingerprint density at radius 1 is 0.712 bits per heavy atom. The monoisotopic (exact) mass is 1080 g/mol. The van der Waals surface area contributed by atoms with Crippen LogP contribution in [0.5, 0.6) is 0 Å². The van der Waals surface area contributed by atoms with Crippen LogP contribution in [0.3, 0.4) is 0 Å². The number of fused-ring (bicyclic) bond motifs is 4. The van der Waals surface area contributed by atoms with Gasteiger partial charge in [0.25, 0.3) is 0 Å². The number of hydrogen-bond acceptors (Lipinski definition) is 4. The van der Waals surface area contributed by atoms with E-state index in [0.29, 0.717) is 10.7 Å². The maximum Gasteiger partial charge on any atom is 0.214 e. The summed E-state index contributed by atoms with van der Waals surface area (Å²) >= 11 is 1.48. The number of aromatic nitrogens is 4. The molecule has 0 bridgehead atoms. The fraction of sp³-hybridized carbons (Fsp3) is 0.190. The second kappa shape index (κ2) is 19.1. The Morgan fingerprint density at radius 3 is 1.98 bits per heavy atom. The first kappa shape index (κ1) is 46.6. The minimum Gasteiger partial charge on any atom is -0.332 e. The number of imidazole rings is 1. The zero-order chi connectivity index (χ0) is 45.5. The Bertz CT molecular complexity index is 3240. The molecule has 0 aliphatic heterocycles. The summed E-state index contributed by atoms with van der Waals surface area (Å²) in [4.78, 5) is 14.9. The molecule has 10 rings (SSSR count). The second-order valence-electron chi connectivity index (χ2n) is 19.2. The molecule has 0 aliphatic rings. The molecule has 0 amide bonds. The molecule has 6 aromatic carbocycles. The van der Waals surface area contributed by atoms with Crippen LogP contribution in [0.15, 0.2) is 158 Å². The molecule has 0 unspecified atom stereocenters. The maximum atomic E-state index is 14.2. The molecule has 0 spiro atoms. The zero-order valence-electron chi connectivity index (χ0n) is 38.7. The van der Waals surface area contributed by atoms with Gasteiger partial charge in [0.2, 0.25) is 5.95 Å². The van der Waals surface area contributed by atoms with Crippen molar-refractivity contribution in [1.29, 1.82) is 0 Å². The van der Waals surface area contributed by atoms with Crippen molar-refractivity contribution < 1.29 is 24.5 Å². The van der Waals surface area contributed by atoms with Gasteiger partial charge in [-0.3, -0.25) is 4.98 Å². The van der Waals surface area contributed by atoms with E-state index in [1.807, 2.05) is 42.5 Å². The molecule has 1 radical (unpaired) electrons. The van der Waals surface area contributed by atoms with Crippen molar-refractivity contribution in [1.82, 2.24) is 19.5 Å². The molecular formula is C58H53FIrN4SSi-2. The number of nitrogens with zero attached hydrogens (tertiary/aromatic N) is 4. The van der Waals surface area contributed by atoms with E-state index in [1.165, 1.54) is 33.7 Å². The molecular weight excluding hydrogens is 1020 g/mol. The van der Waals surface area contributed by atoms with Gasteiger partial charge in [0.05, 0.1) is 30.6 Å². The van der Waals surface area contributed by atoms with E-state index < -0.39 is 14.0 Å². The van der Waals surface area contributed by atoms with E-state index in [0.717, 1.165) is 83.5 Å². The molecule has 10 aromatic rings. The first-order valence-electron chi connectivity index (χ1n) is 22.4. The largest absolute Gasteiger partial charge is 0.332 e. The molecule has 4 aromatic heterocycles. The number of hydrogen-bond donors (Lipinski definition) is 0. The third-order valence-corrected chi connectivity index (χ3v) is 15.0. The molecule has 4 heterocycles. The van der Waals surface area contributed by atoms with Gasteiger partial charge in [-0.15, -0.1) is 54.1 Å². The van der Waals surface area contributed by atoms with Gasteiger partial charge in [0, 0.05) is 42.8 Å². The first-order chi connectivity index (χ1) is 31.2. The predicted molar refractivity (Wildman–Crippen MR) is 276 cm³/mol. The number of halogens is 1. The summed E-state index contributed by atoms with van der Waals surface area (Å²) in [5.41, 5.74) is 13.1. The Balaban J connectivity index is 0.000000238. The van der Waals surface area contributed by atoms with Crippen molar-refractivity contribution in [2.75, 3.05) is 0 Å². The summed E-state index contributed by atoms with van der Waals surface area (Å²) in [6.45, 7) is 18.5. The van der Waals surface area contributed by atoms with Crippen LogP contribution in [0.25, 0.3) is 81.9 Å². The van der Waals surface area contributed by atoms with E-state index in [2.05, 4.69) is 190 Å². The van der Waals surface area contributed by atoms with Gasteiger partial charge in [-0.05, 0) is 86.4 Å². The molecule has 0 saturated carbocycles. The fourth-order valence-electron chi connectivity index (χ4n) is 8.65. The summed E-state index contributed by atoms with van der Waals surface area (Å²) in [5.74, 6) is 0.970. The number of para-hydroxylation sites is 2. The van der Waals surface area contributed by atoms with Crippen molar-refractivity contribution in [3.63, 3.8) is 0 Å². The molecule has 0 aliphatic carbocycles. The third kappa shape index (κ3) is 9.52. The van der Waals surface area contributed by atoms with Crippen molar-refractivity contribution in [2.24, 2.45) is 5.92 Å². The normalized spacial score (nSPS) is 11.8. The van der Waals surface area contributed by atoms with Crippen molar-refractivity contribution in [3.05, 3.63) is 187 Å². The van der Waals surface area contributed by atoms with E-state index in [4.69, 9.17) is 4.98 Å². The average Bonchev–Trinajstić information content (AvgIpc) is 3.87. The molecule has 0 atom stereocenters. The van der Waals surface area contributed by atoms with Crippen molar-refractivity contribution >= 4 is 55.9 Å². The minimum atomic E-state index is -1.34. The van der Waals surface area contributed by atoms with Crippen LogP contribution in [-0.4, -0.2) is 27.6 Å². The van der Waals surface area contributed by atoms with Crippen LogP contribution in [0.4, 0.5) is 4.39 Å².